The van der Waals surface area contributed by atoms with E-state index >= 15 is 0 Å². The Hall–Kier alpha value is -1.71. The van der Waals surface area contributed by atoms with Crippen molar-refractivity contribution in [2.24, 2.45) is 7.05 Å². The molecule has 0 radical (unpaired) electrons. The molecule has 7 nitrogen and oxygen atoms in total. The van der Waals surface area contributed by atoms with Crippen LogP contribution < -0.4 is 10.5 Å². The van der Waals surface area contributed by atoms with Gasteiger partial charge in [-0.1, -0.05) is 11.6 Å². The molecule has 0 aliphatic heterocycles. The SMILES string of the molecule is Cn1cnnc1CNS(=O)(=O)c1cc(Cl)cc(N)c1F. The molecule has 0 saturated carbocycles. The second-order valence-corrected chi connectivity index (χ2v) is 6.16. The lowest BCUT2D eigenvalue weighted by molar-refractivity contribution is 0.556. The van der Waals surface area contributed by atoms with Crippen molar-refractivity contribution in [2.75, 3.05) is 5.73 Å². The van der Waals surface area contributed by atoms with Gasteiger partial charge in [-0.3, -0.25) is 0 Å². The number of rotatable bonds is 4. The number of benzene rings is 1. The molecule has 20 heavy (non-hydrogen) atoms. The molecule has 108 valence electrons. The summed E-state index contributed by atoms with van der Waals surface area (Å²) in [7, 11) is -2.44. The highest BCUT2D eigenvalue weighted by Gasteiger charge is 2.22. The number of nitrogens with one attached hydrogen (secondary N) is 1. The maximum atomic E-state index is 13.8. The van der Waals surface area contributed by atoms with E-state index in [1.165, 1.54) is 10.9 Å². The minimum absolute atomic E-state index is 0.0305. The minimum Gasteiger partial charge on any atom is -0.396 e. The van der Waals surface area contributed by atoms with Crippen molar-refractivity contribution in [1.82, 2.24) is 19.5 Å². The molecule has 0 spiro atoms. The lowest BCUT2D eigenvalue weighted by Gasteiger charge is -2.09. The number of hydrogen-bond acceptors (Lipinski definition) is 5. The first-order chi connectivity index (χ1) is 9.31. The van der Waals surface area contributed by atoms with Crippen molar-refractivity contribution in [3.8, 4) is 0 Å². The molecule has 1 aromatic heterocycles. The first kappa shape index (κ1) is 14.7. The number of nitrogen functional groups attached to an aromatic ring is 1. The van der Waals surface area contributed by atoms with Gasteiger partial charge in [-0.15, -0.1) is 10.2 Å². The smallest absolute Gasteiger partial charge is 0.244 e. The molecule has 0 aliphatic carbocycles. The molecule has 1 heterocycles. The minimum atomic E-state index is -4.10. The summed E-state index contributed by atoms with van der Waals surface area (Å²) in [6.07, 6.45) is 1.42. The molecule has 0 unspecified atom stereocenters. The predicted octanol–water partition coefficient (Wildman–Crippen LogP) is 0.668. The summed E-state index contributed by atoms with van der Waals surface area (Å²) in [5.41, 5.74) is 5.02. The Morgan fingerprint density at radius 1 is 1.50 bits per heavy atom. The highest BCUT2D eigenvalue weighted by atomic mass is 35.5. The first-order valence-electron chi connectivity index (χ1n) is 5.38. The van der Waals surface area contributed by atoms with Gasteiger partial charge in [0.2, 0.25) is 10.0 Å². The van der Waals surface area contributed by atoms with Crippen LogP contribution in [0.2, 0.25) is 5.02 Å². The molecule has 10 heteroatoms. The van der Waals surface area contributed by atoms with Gasteiger partial charge in [0.05, 0.1) is 12.2 Å². The van der Waals surface area contributed by atoms with Crippen LogP contribution in [0.3, 0.4) is 0 Å². The van der Waals surface area contributed by atoms with E-state index in [0.29, 0.717) is 5.82 Å². The van der Waals surface area contributed by atoms with Gasteiger partial charge in [-0.25, -0.2) is 17.5 Å². The Kier molecular flexibility index (Phi) is 3.93. The van der Waals surface area contributed by atoms with E-state index in [-0.39, 0.29) is 17.3 Å². The summed E-state index contributed by atoms with van der Waals surface area (Å²) in [4.78, 5) is -0.607. The van der Waals surface area contributed by atoms with Crippen molar-refractivity contribution in [1.29, 1.82) is 0 Å². The van der Waals surface area contributed by atoms with Gasteiger partial charge in [0.1, 0.15) is 17.0 Å². The average Bonchev–Trinajstić information content (AvgIpc) is 2.77. The lowest BCUT2D eigenvalue weighted by atomic mass is 10.3. The molecular formula is C10H11ClFN5O2S. The lowest BCUT2D eigenvalue weighted by Crippen LogP contribution is -2.26. The van der Waals surface area contributed by atoms with Crippen LogP contribution in [-0.4, -0.2) is 23.2 Å². The maximum absolute atomic E-state index is 13.8. The fraction of sp³-hybridized carbons (Fsp3) is 0.200. The van der Waals surface area contributed by atoms with Crippen molar-refractivity contribution in [3.05, 3.63) is 35.1 Å². The molecule has 0 fully saturated rings. The number of aryl methyl sites for hydroxylation is 1. The number of nitrogens with two attached hydrogens (primary N) is 1. The van der Waals surface area contributed by atoms with E-state index in [2.05, 4.69) is 14.9 Å². The molecule has 0 aliphatic rings. The van der Waals surface area contributed by atoms with Crippen molar-refractivity contribution >= 4 is 27.3 Å². The van der Waals surface area contributed by atoms with Crippen molar-refractivity contribution < 1.29 is 12.8 Å². The fourth-order valence-electron chi connectivity index (χ4n) is 1.48. The number of sulfonamides is 1. The third-order valence-electron chi connectivity index (χ3n) is 2.55. The predicted molar refractivity (Wildman–Crippen MR) is 70.9 cm³/mol. The van der Waals surface area contributed by atoms with Crippen LogP contribution in [0.25, 0.3) is 0 Å². The largest absolute Gasteiger partial charge is 0.396 e. The normalized spacial score (nSPS) is 11.8. The van der Waals surface area contributed by atoms with E-state index in [1.54, 1.807) is 7.05 Å². The van der Waals surface area contributed by atoms with Crippen LogP contribution in [0.4, 0.5) is 10.1 Å². The second kappa shape index (κ2) is 5.35. The number of nitrogens with zero attached hydrogens (tertiary/aromatic N) is 3. The Labute approximate surface area is 119 Å². The molecule has 0 atom stereocenters. The highest BCUT2D eigenvalue weighted by Crippen LogP contribution is 2.25. The molecular weight excluding hydrogens is 309 g/mol. The summed E-state index contributed by atoms with van der Waals surface area (Å²) in [6.45, 7) is -0.134. The molecule has 0 bridgehead atoms. The van der Waals surface area contributed by atoms with Gasteiger partial charge < -0.3 is 10.3 Å². The number of anilines is 1. The van der Waals surface area contributed by atoms with Gasteiger partial charge >= 0.3 is 0 Å². The molecule has 2 rings (SSSR count). The van der Waals surface area contributed by atoms with Crippen LogP contribution in [0.15, 0.2) is 23.4 Å². The molecule has 0 amide bonds. The first-order valence-corrected chi connectivity index (χ1v) is 7.24. The highest BCUT2D eigenvalue weighted by molar-refractivity contribution is 7.89. The number of aromatic nitrogens is 3. The summed E-state index contributed by atoms with van der Waals surface area (Å²) >= 11 is 5.69. The summed E-state index contributed by atoms with van der Waals surface area (Å²) in [5, 5.41) is 7.35. The fourth-order valence-corrected chi connectivity index (χ4v) is 2.89. The Bertz CT molecular complexity index is 746. The molecule has 1 aromatic carbocycles. The quantitative estimate of drug-likeness (QED) is 0.806. The molecule has 2 aromatic rings. The van der Waals surface area contributed by atoms with E-state index < -0.39 is 20.7 Å². The maximum Gasteiger partial charge on any atom is 0.244 e. The van der Waals surface area contributed by atoms with Gasteiger partial charge in [0.15, 0.2) is 5.82 Å². The van der Waals surface area contributed by atoms with Gasteiger partial charge in [-0.2, -0.15) is 0 Å². The Balaban J connectivity index is 2.29. The third-order valence-corrected chi connectivity index (χ3v) is 4.17. The molecule has 0 saturated heterocycles. The standard InChI is InChI=1S/C10H11ClFN5O2S/c1-17-5-14-16-9(17)4-15-20(18,19)8-3-6(11)2-7(13)10(8)12/h2-3,5,15H,4,13H2,1H3. The zero-order valence-corrected chi connectivity index (χ0v) is 11.9. The van der Waals surface area contributed by atoms with E-state index in [9.17, 15) is 12.8 Å². The van der Waals surface area contributed by atoms with Crippen LogP contribution in [-0.2, 0) is 23.6 Å². The monoisotopic (exact) mass is 319 g/mol. The van der Waals surface area contributed by atoms with Crippen LogP contribution in [0, 0.1) is 5.82 Å². The average molecular weight is 320 g/mol. The summed E-state index contributed by atoms with van der Waals surface area (Å²) in [5.74, 6) is -0.663. The zero-order valence-electron chi connectivity index (χ0n) is 10.3. The third kappa shape index (κ3) is 2.89. The zero-order chi connectivity index (χ0) is 14.9. The topological polar surface area (TPSA) is 103 Å². The second-order valence-electron chi connectivity index (χ2n) is 3.99. The number of halogens is 2. The van der Waals surface area contributed by atoms with E-state index in [1.807, 2.05) is 0 Å². The van der Waals surface area contributed by atoms with Crippen LogP contribution >= 0.6 is 11.6 Å². The van der Waals surface area contributed by atoms with Crippen molar-refractivity contribution in [3.63, 3.8) is 0 Å². The Morgan fingerprint density at radius 3 is 2.80 bits per heavy atom. The van der Waals surface area contributed by atoms with E-state index in [0.717, 1.165) is 12.1 Å². The van der Waals surface area contributed by atoms with Gasteiger partial charge in [0, 0.05) is 12.1 Å². The number of hydrogen-bond donors (Lipinski definition) is 2. The van der Waals surface area contributed by atoms with E-state index in [4.69, 9.17) is 17.3 Å². The Morgan fingerprint density at radius 2 is 2.20 bits per heavy atom. The van der Waals surface area contributed by atoms with Crippen molar-refractivity contribution in [2.45, 2.75) is 11.4 Å². The summed E-state index contributed by atoms with van der Waals surface area (Å²) in [6, 6.07) is 2.13. The molecule has 3 N–H and O–H groups in total. The van der Waals surface area contributed by atoms with Crippen LogP contribution in [0.1, 0.15) is 5.82 Å². The van der Waals surface area contributed by atoms with Crippen LogP contribution in [0.5, 0.6) is 0 Å². The summed E-state index contributed by atoms with van der Waals surface area (Å²) < 4.78 is 41.6. The van der Waals surface area contributed by atoms with Gasteiger partial charge in [-0.05, 0) is 12.1 Å². The van der Waals surface area contributed by atoms with Gasteiger partial charge in [0.25, 0.3) is 0 Å².